The Balaban J connectivity index is 1.88. The molecule has 0 radical (unpaired) electrons. The fraction of sp³-hybridized carbons (Fsp3) is 0.385. The Bertz CT molecular complexity index is 544. The maximum atomic E-state index is 11.7. The first-order valence-electron chi connectivity index (χ1n) is 6.16. The van der Waals surface area contributed by atoms with E-state index in [1.54, 1.807) is 6.07 Å². The summed E-state index contributed by atoms with van der Waals surface area (Å²) >= 11 is 11.6. The van der Waals surface area contributed by atoms with Crippen LogP contribution >= 0.6 is 23.2 Å². The topological polar surface area (TPSA) is 78.4 Å². The summed E-state index contributed by atoms with van der Waals surface area (Å²) in [5.74, 6) is -1.64. The summed E-state index contributed by atoms with van der Waals surface area (Å²) in [6.45, 7) is 0.0770. The Kier molecular flexibility index (Phi) is 4.52. The second-order valence-corrected chi connectivity index (χ2v) is 5.68. The van der Waals surface area contributed by atoms with E-state index in [4.69, 9.17) is 23.2 Å². The molecule has 0 atom stereocenters. The van der Waals surface area contributed by atoms with Crippen molar-refractivity contribution in [1.29, 1.82) is 0 Å². The number of carbonyl (C=O) groups excluding carboxylic acids is 2. The summed E-state index contributed by atoms with van der Waals surface area (Å²) in [6.07, 6.45) is 2.20. The maximum Gasteiger partial charge on any atom is 0.313 e. The highest BCUT2D eigenvalue weighted by Crippen LogP contribution is 2.30. The molecule has 0 unspecified atom stereocenters. The molecule has 1 fully saturated rings. The molecule has 20 heavy (non-hydrogen) atoms. The fourth-order valence-corrected chi connectivity index (χ4v) is 2.31. The van der Waals surface area contributed by atoms with Crippen molar-refractivity contribution in [2.75, 3.05) is 11.9 Å². The molecule has 1 saturated carbocycles. The van der Waals surface area contributed by atoms with Crippen LogP contribution < -0.4 is 10.6 Å². The number of aliphatic hydroxyl groups is 1. The second-order valence-electron chi connectivity index (χ2n) is 4.84. The Morgan fingerprint density at radius 3 is 2.50 bits per heavy atom. The molecule has 0 heterocycles. The Morgan fingerprint density at radius 2 is 1.95 bits per heavy atom. The van der Waals surface area contributed by atoms with E-state index in [9.17, 15) is 14.7 Å². The summed E-state index contributed by atoms with van der Waals surface area (Å²) < 4.78 is 0. The van der Waals surface area contributed by atoms with Crippen molar-refractivity contribution in [3.8, 4) is 0 Å². The van der Waals surface area contributed by atoms with Gasteiger partial charge < -0.3 is 15.7 Å². The Morgan fingerprint density at radius 1 is 1.25 bits per heavy atom. The van der Waals surface area contributed by atoms with Gasteiger partial charge in [-0.2, -0.15) is 0 Å². The minimum Gasteiger partial charge on any atom is -0.388 e. The SMILES string of the molecule is O=C(NCC1(O)CCC1)C(=O)Nc1ccc(Cl)cc1Cl. The lowest BCUT2D eigenvalue weighted by Crippen LogP contribution is -2.49. The Hall–Kier alpha value is -1.30. The second kappa shape index (κ2) is 5.99. The summed E-state index contributed by atoms with van der Waals surface area (Å²) in [4.78, 5) is 23.3. The van der Waals surface area contributed by atoms with Gasteiger partial charge in [-0.05, 0) is 37.5 Å². The lowest BCUT2D eigenvalue weighted by Gasteiger charge is -2.36. The van der Waals surface area contributed by atoms with Gasteiger partial charge in [-0.15, -0.1) is 0 Å². The van der Waals surface area contributed by atoms with Crippen LogP contribution in [0.25, 0.3) is 0 Å². The molecule has 2 amide bonds. The van der Waals surface area contributed by atoms with E-state index in [2.05, 4.69) is 10.6 Å². The van der Waals surface area contributed by atoms with Crippen LogP contribution in [0.4, 0.5) is 5.69 Å². The van der Waals surface area contributed by atoms with Crippen molar-refractivity contribution in [2.24, 2.45) is 0 Å². The third kappa shape index (κ3) is 3.62. The molecule has 1 aliphatic rings. The molecule has 5 nitrogen and oxygen atoms in total. The highest BCUT2D eigenvalue weighted by Gasteiger charge is 2.35. The van der Waals surface area contributed by atoms with Crippen LogP contribution in [-0.4, -0.2) is 29.1 Å². The smallest absolute Gasteiger partial charge is 0.313 e. The van der Waals surface area contributed by atoms with E-state index in [1.807, 2.05) is 0 Å². The van der Waals surface area contributed by atoms with Gasteiger partial charge >= 0.3 is 11.8 Å². The lowest BCUT2D eigenvalue weighted by molar-refractivity contribution is -0.137. The first-order chi connectivity index (χ1) is 9.39. The number of rotatable bonds is 3. The number of halogens is 2. The molecule has 0 spiro atoms. The normalized spacial score (nSPS) is 16.1. The summed E-state index contributed by atoms with van der Waals surface area (Å²) in [5.41, 5.74) is -0.563. The average molecular weight is 317 g/mol. The molecular weight excluding hydrogens is 303 g/mol. The number of nitrogens with one attached hydrogen (secondary N) is 2. The van der Waals surface area contributed by atoms with Crippen LogP contribution in [0.2, 0.25) is 10.0 Å². The van der Waals surface area contributed by atoms with Crippen LogP contribution in [0.15, 0.2) is 18.2 Å². The van der Waals surface area contributed by atoms with E-state index < -0.39 is 17.4 Å². The van der Waals surface area contributed by atoms with Crippen molar-refractivity contribution in [3.05, 3.63) is 28.2 Å². The van der Waals surface area contributed by atoms with E-state index >= 15 is 0 Å². The molecule has 3 N–H and O–H groups in total. The van der Waals surface area contributed by atoms with Crippen molar-refractivity contribution >= 4 is 40.7 Å². The van der Waals surface area contributed by atoms with Gasteiger partial charge in [0, 0.05) is 11.6 Å². The van der Waals surface area contributed by atoms with Gasteiger partial charge in [-0.1, -0.05) is 23.2 Å². The number of hydrogen-bond acceptors (Lipinski definition) is 3. The third-order valence-electron chi connectivity index (χ3n) is 3.25. The molecule has 1 aromatic rings. The van der Waals surface area contributed by atoms with Crippen LogP contribution in [0.5, 0.6) is 0 Å². The number of amides is 2. The van der Waals surface area contributed by atoms with Gasteiger partial charge in [-0.3, -0.25) is 9.59 Å². The molecule has 7 heteroatoms. The summed E-state index contributed by atoms with van der Waals surface area (Å²) in [7, 11) is 0. The van der Waals surface area contributed by atoms with Gasteiger partial charge in [0.15, 0.2) is 0 Å². The number of benzene rings is 1. The third-order valence-corrected chi connectivity index (χ3v) is 3.80. The van der Waals surface area contributed by atoms with Gasteiger partial charge in [0.25, 0.3) is 0 Å². The van der Waals surface area contributed by atoms with E-state index in [0.717, 1.165) is 6.42 Å². The van der Waals surface area contributed by atoms with Crippen molar-refractivity contribution < 1.29 is 14.7 Å². The van der Waals surface area contributed by atoms with Gasteiger partial charge in [0.1, 0.15) is 0 Å². The predicted octanol–water partition coefficient (Wildman–Crippen LogP) is 1.96. The highest BCUT2D eigenvalue weighted by molar-refractivity contribution is 6.42. The number of carbonyl (C=O) groups is 2. The monoisotopic (exact) mass is 316 g/mol. The van der Waals surface area contributed by atoms with Gasteiger partial charge in [0.05, 0.1) is 16.3 Å². The zero-order valence-corrected chi connectivity index (χ0v) is 12.1. The molecule has 108 valence electrons. The van der Waals surface area contributed by atoms with Crippen molar-refractivity contribution in [1.82, 2.24) is 5.32 Å². The van der Waals surface area contributed by atoms with E-state index in [1.165, 1.54) is 12.1 Å². The fourth-order valence-electron chi connectivity index (χ4n) is 1.86. The highest BCUT2D eigenvalue weighted by atomic mass is 35.5. The maximum absolute atomic E-state index is 11.7. The minimum atomic E-state index is -0.867. The molecule has 0 bridgehead atoms. The molecule has 0 aromatic heterocycles. The molecular formula is C13H14Cl2N2O3. The van der Waals surface area contributed by atoms with E-state index in [-0.39, 0.29) is 11.6 Å². The minimum absolute atomic E-state index is 0.0770. The zero-order valence-electron chi connectivity index (χ0n) is 10.6. The Labute approximate surface area is 126 Å². The average Bonchev–Trinajstić information content (AvgIpc) is 2.36. The van der Waals surface area contributed by atoms with Crippen LogP contribution in [0.3, 0.4) is 0 Å². The quantitative estimate of drug-likeness (QED) is 0.746. The van der Waals surface area contributed by atoms with E-state index in [0.29, 0.717) is 23.6 Å². The largest absolute Gasteiger partial charge is 0.388 e. The van der Waals surface area contributed by atoms with Gasteiger partial charge in [0.2, 0.25) is 0 Å². The summed E-state index contributed by atoms with van der Waals surface area (Å²) in [6, 6.07) is 4.53. The van der Waals surface area contributed by atoms with Crippen LogP contribution in [-0.2, 0) is 9.59 Å². The number of hydrogen-bond donors (Lipinski definition) is 3. The van der Waals surface area contributed by atoms with Crippen molar-refractivity contribution in [3.63, 3.8) is 0 Å². The molecule has 0 aliphatic heterocycles. The standard InChI is InChI=1S/C13H14Cl2N2O3/c14-8-2-3-10(9(15)6-8)17-12(19)11(18)16-7-13(20)4-1-5-13/h2-3,6,20H,1,4-5,7H2,(H,16,18)(H,17,19). The van der Waals surface area contributed by atoms with Crippen LogP contribution in [0, 0.1) is 0 Å². The predicted molar refractivity (Wildman–Crippen MR) is 76.9 cm³/mol. The number of anilines is 1. The molecule has 1 aliphatic carbocycles. The summed E-state index contributed by atoms with van der Waals surface area (Å²) in [5, 5.41) is 15.3. The van der Waals surface area contributed by atoms with Gasteiger partial charge in [-0.25, -0.2) is 0 Å². The lowest BCUT2D eigenvalue weighted by atomic mass is 9.80. The first kappa shape index (κ1) is 15.1. The molecule has 2 rings (SSSR count). The van der Waals surface area contributed by atoms with Crippen LogP contribution in [0.1, 0.15) is 19.3 Å². The molecule has 0 saturated heterocycles. The zero-order chi connectivity index (χ0) is 14.8. The first-order valence-corrected chi connectivity index (χ1v) is 6.92. The molecule has 1 aromatic carbocycles. The van der Waals surface area contributed by atoms with Crippen molar-refractivity contribution in [2.45, 2.75) is 24.9 Å².